The molecule has 1 aliphatic heterocycles. The molecule has 2 amide bonds. The molecule has 4 N–H and O–H groups in total. The molecule has 102 valence electrons. The molecule has 0 radical (unpaired) electrons. The summed E-state index contributed by atoms with van der Waals surface area (Å²) in [5, 5.41) is 16.1. The van der Waals surface area contributed by atoms with Crippen LogP contribution in [0.25, 0.3) is 0 Å². The van der Waals surface area contributed by atoms with Crippen molar-refractivity contribution in [3.8, 4) is 0 Å². The molecule has 0 aromatic rings. The van der Waals surface area contributed by atoms with Gasteiger partial charge in [-0.25, -0.2) is 0 Å². The topological polar surface area (TPSA) is 108 Å². The number of aliphatic carboxylic acids is 1. The Labute approximate surface area is 105 Å². The highest BCUT2D eigenvalue weighted by Crippen LogP contribution is 2.15. The first-order valence-electron chi connectivity index (χ1n) is 6.00. The predicted octanol–water partition coefficient (Wildman–Crippen LogP) is -1.31. The number of carbonyl (C=O) groups excluding carboxylic acids is 2. The number of hydrogen-bond acceptors (Lipinski definition) is 4. The van der Waals surface area contributed by atoms with Gasteiger partial charge in [0.2, 0.25) is 11.8 Å². The van der Waals surface area contributed by atoms with Crippen LogP contribution in [0.5, 0.6) is 0 Å². The van der Waals surface area contributed by atoms with Gasteiger partial charge >= 0.3 is 5.97 Å². The van der Waals surface area contributed by atoms with Crippen molar-refractivity contribution < 1.29 is 19.5 Å². The van der Waals surface area contributed by atoms with Gasteiger partial charge in [-0.05, 0) is 25.3 Å². The maximum absolute atomic E-state index is 11.8. The third-order valence-corrected chi connectivity index (χ3v) is 2.91. The Balaban J connectivity index is 2.27. The summed E-state index contributed by atoms with van der Waals surface area (Å²) in [6.07, 6.45) is 2.03. The van der Waals surface area contributed by atoms with Crippen LogP contribution in [0.4, 0.5) is 0 Å². The van der Waals surface area contributed by atoms with Gasteiger partial charge in [0.15, 0.2) is 0 Å². The van der Waals surface area contributed by atoms with Crippen molar-refractivity contribution >= 4 is 17.8 Å². The lowest BCUT2D eigenvalue weighted by atomic mass is 9.92. The Kier molecular flexibility index (Phi) is 5.57. The van der Waals surface area contributed by atoms with Crippen LogP contribution >= 0.6 is 0 Å². The largest absolute Gasteiger partial charge is 0.480 e. The molecular weight excluding hydrogens is 238 g/mol. The van der Waals surface area contributed by atoms with Crippen LogP contribution in [0.1, 0.15) is 19.8 Å². The minimum Gasteiger partial charge on any atom is -0.480 e. The number of amides is 2. The van der Waals surface area contributed by atoms with Crippen molar-refractivity contribution in [3.63, 3.8) is 0 Å². The summed E-state index contributed by atoms with van der Waals surface area (Å²) in [6, 6.07) is -0.272. The zero-order chi connectivity index (χ0) is 13.5. The second-order valence-corrected chi connectivity index (χ2v) is 4.44. The third-order valence-electron chi connectivity index (χ3n) is 2.91. The average molecular weight is 257 g/mol. The summed E-state index contributed by atoms with van der Waals surface area (Å²) in [4.78, 5) is 33.2. The molecule has 2 unspecified atom stereocenters. The normalized spacial score (nSPS) is 23.2. The van der Waals surface area contributed by atoms with Crippen LogP contribution in [0.3, 0.4) is 0 Å². The SMILES string of the molecule is CC1CCCNC1C(=O)NCC(=O)NCC(=O)O. The molecule has 7 heteroatoms. The number of carbonyl (C=O) groups is 3. The second-order valence-electron chi connectivity index (χ2n) is 4.44. The number of nitrogens with one attached hydrogen (secondary N) is 3. The molecule has 0 saturated carbocycles. The molecule has 0 aromatic heterocycles. The molecule has 1 rings (SSSR count). The Hall–Kier alpha value is -1.63. The van der Waals surface area contributed by atoms with Gasteiger partial charge < -0.3 is 21.1 Å². The number of carboxylic acid groups (broad SMARTS) is 1. The monoisotopic (exact) mass is 257 g/mol. The van der Waals surface area contributed by atoms with Crippen LogP contribution in [-0.4, -0.2) is 48.6 Å². The summed E-state index contributed by atoms with van der Waals surface area (Å²) < 4.78 is 0. The molecule has 0 spiro atoms. The fraction of sp³-hybridized carbons (Fsp3) is 0.727. The van der Waals surface area contributed by atoms with E-state index in [4.69, 9.17) is 5.11 Å². The summed E-state index contributed by atoms with van der Waals surface area (Å²) in [6.45, 7) is 2.15. The number of carboxylic acids is 1. The third kappa shape index (κ3) is 4.70. The lowest BCUT2D eigenvalue weighted by Crippen LogP contribution is -2.52. The van der Waals surface area contributed by atoms with Crippen LogP contribution < -0.4 is 16.0 Å². The van der Waals surface area contributed by atoms with E-state index < -0.39 is 18.4 Å². The first-order valence-corrected chi connectivity index (χ1v) is 6.00. The minimum atomic E-state index is -1.11. The zero-order valence-electron chi connectivity index (χ0n) is 10.4. The van der Waals surface area contributed by atoms with Crippen molar-refractivity contribution in [1.82, 2.24) is 16.0 Å². The smallest absolute Gasteiger partial charge is 0.322 e. The first-order chi connectivity index (χ1) is 8.50. The van der Waals surface area contributed by atoms with E-state index in [0.717, 1.165) is 19.4 Å². The highest BCUT2D eigenvalue weighted by molar-refractivity contribution is 5.88. The van der Waals surface area contributed by atoms with E-state index in [2.05, 4.69) is 16.0 Å². The van der Waals surface area contributed by atoms with Gasteiger partial charge in [0, 0.05) is 0 Å². The van der Waals surface area contributed by atoms with Crippen molar-refractivity contribution in [2.75, 3.05) is 19.6 Å². The average Bonchev–Trinajstić information content (AvgIpc) is 2.34. The van der Waals surface area contributed by atoms with Crippen LogP contribution in [0.15, 0.2) is 0 Å². The van der Waals surface area contributed by atoms with Crippen molar-refractivity contribution in [2.45, 2.75) is 25.8 Å². The van der Waals surface area contributed by atoms with Crippen molar-refractivity contribution in [1.29, 1.82) is 0 Å². The van der Waals surface area contributed by atoms with E-state index in [-0.39, 0.29) is 24.4 Å². The molecule has 1 aliphatic rings. The Morgan fingerprint density at radius 3 is 2.61 bits per heavy atom. The molecule has 7 nitrogen and oxygen atoms in total. The van der Waals surface area contributed by atoms with Gasteiger partial charge in [-0.2, -0.15) is 0 Å². The zero-order valence-corrected chi connectivity index (χ0v) is 10.4. The molecule has 0 aliphatic carbocycles. The quantitative estimate of drug-likeness (QED) is 0.489. The summed E-state index contributed by atoms with van der Waals surface area (Å²) in [5.41, 5.74) is 0. The minimum absolute atomic E-state index is 0.197. The standard InChI is InChI=1S/C11H19N3O4/c1-7-3-2-4-12-10(7)11(18)14-5-8(15)13-6-9(16)17/h7,10,12H,2-6H2,1H3,(H,13,15)(H,14,18)(H,16,17). The van der Waals surface area contributed by atoms with Gasteiger partial charge in [0.25, 0.3) is 0 Å². The fourth-order valence-corrected chi connectivity index (χ4v) is 1.91. The lowest BCUT2D eigenvalue weighted by molar-refractivity contribution is -0.137. The van der Waals surface area contributed by atoms with Crippen LogP contribution in [0.2, 0.25) is 0 Å². The molecule has 1 saturated heterocycles. The number of hydrogen-bond donors (Lipinski definition) is 4. The highest BCUT2D eigenvalue weighted by atomic mass is 16.4. The molecule has 0 bridgehead atoms. The predicted molar refractivity (Wildman–Crippen MR) is 63.8 cm³/mol. The maximum atomic E-state index is 11.8. The molecular formula is C11H19N3O4. The molecule has 18 heavy (non-hydrogen) atoms. The van der Waals surface area contributed by atoms with E-state index in [0.29, 0.717) is 0 Å². The van der Waals surface area contributed by atoms with Crippen molar-refractivity contribution in [3.05, 3.63) is 0 Å². The maximum Gasteiger partial charge on any atom is 0.322 e. The lowest BCUT2D eigenvalue weighted by Gasteiger charge is -2.28. The summed E-state index contributed by atoms with van der Waals surface area (Å²) in [5.74, 6) is -1.60. The van der Waals surface area contributed by atoms with E-state index >= 15 is 0 Å². The van der Waals surface area contributed by atoms with Gasteiger partial charge in [-0.3, -0.25) is 14.4 Å². The van der Waals surface area contributed by atoms with Gasteiger partial charge in [0.1, 0.15) is 6.54 Å². The second kappa shape index (κ2) is 6.95. The van der Waals surface area contributed by atoms with Crippen LogP contribution in [0, 0.1) is 5.92 Å². The fourth-order valence-electron chi connectivity index (χ4n) is 1.91. The Bertz CT molecular complexity index is 332. The highest BCUT2D eigenvalue weighted by Gasteiger charge is 2.27. The number of piperidine rings is 1. The van der Waals surface area contributed by atoms with Crippen molar-refractivity contribution in [2.24, 2.45) is 5.92 Å². The molecule has 1 heterocycles. The Morgan fingerprint density at radius 1 is 1.28 bits per heavy atom. The van der Waals surface area contributed by atoms with Gasteiger partial charge in [-0.15, -0.1) is 0 Å². The van der Waals surface area contributed by atoms with E-state index in [1.54, 1.807) is 0 Å². The summed E-state index contributed by atoms with van der Waals surface area (Å²) >= 11 is 0. The Morgan fingerprint density at radius 2 is 2.00 bits per heavy atom. The van der Waals surface area contributed by atoms with Gasteiger partial charge in [0.05, 0.1) is 12.6 Å². The van der Waals surface area contributed by atoms with Crippen LogP contribution in [-0.2, 0) is 14.4 Å². The number of rotatable bonds is 5. The van der Waals surface area contributed by atoms with E-state index in [1.807, 2.05) is 6.92 Å². The van der Waals surface area contributed by atoms with E-state index in [1.165, 1.54) is 0 Å². The molecule has 2 atom stereocenters. The first kappa shape index (κ1) is 14.4. The summed E-state index contributed by atoms with van der Waals surface area (Å²) in [7, 11) is 0. The molecule has 0 aromatic carbocycles. The van der Waals surface area contributed by atoms with Gasteiger partial charge in [-0.1, -0.05) is 6.92 Å². The molecule has 1 fully saturated rings. The van der Waals surface area contributed by atoms with E-state index in [9.17, 15) is 14.4 Å².